The number of halogens is 2. The first-order valence-corrected chi connectivity index (χ1v) is 7.61. The van der Waals surface area contributed by atoms with Gasteiger partial charge in [0.05, 0.1) is 13.2 Å². The molecule has 4 nitrogen and oxygen atoms in total. The van der Waals surface area contributed by atoms with Gasteiger partial charge in [0.2, 0.25) is 0 Å². The molecule has 6 heteroatoms. The van der Waals surface area contributed by atoms with E-state index in [4.69, 9.17) is 16.3 Å². The van der Waals surface area contributed by atoms with Crippen LogP contribution in [0.15, 0.2) is 40.9 Å². The van der Waals surface area contributed by atoms with E-state index in [0.29, 0.717) is 6.54 Å². The van der Waals surface area contributed by atoms with E-state index in [1.54, 1.807) is 7.05 Å². The van der Waals surface area contributed by atoms with Crippen LogP contribution >= 0.6 is 35.6 Å². The highest BCUT2D eigenvalue weighted by Gasteiger charge is 2.05. The van der Waals surface area contributed by atoms with Crippen molar-refractivity contribution < 1.29 is 4.74 Å². The number of benzene rings is 1. The summed E-state index contributed by atoms with van der Waals surface area (Å²) < 4.78 is 5.30. The van der Waals surface area contributed by atoms with Crippen LogP contribution in [-0.2, 0) is 11.3 Å². The molecule has 1 aromatic carbocycles. The van der Waals surface area contributed by atoms with Gasteiger partial charge in [0.25, 0.3) is 0 Å². The fourth-order valence-electron chi connectivity index (χ4n) is 2.18. The largest absolute Gasteiger partial charge is 0.377 e. The van der Waals surface area contributed by atoms with Crippen molar-refractivity contribution in [3.63, 3.8) is 0 Å². The van der Waals surface area contributed by atoms with Crippen molar-refractivity contribution in [1.29, 1.82) is 0 Å². The molecule has 1 aromatic rings. The Morgan fingerprint density at radius 2 is 2.14 bits per heavy atom. The summed E-state index contributed by atoms with van der Waals surface area (Å²) in [6, 6.07) is 7.82. The molecular formula is C16H23ClIN3O. The van der Waals surface area contributed by atoms with E-state index in [-0.39, 0.29) is 24.0 Å². The van der Waals surface area contributed by atoms with Gasteiger partial charge in [-0.05, 0) is 24.5 Å². The second-order valence-electron chi connectivity index (χ2n) is 4.88. The molecule has 0 fully saturated rings. The van der Waals surface area contributed by atoms with Crippen LogP contribution < -0.4 is 10.6 Å². The molecule has 1 heterocycles. The summed E-state index contributed by atoms with van der Waals surface area (Å²) in [7, 11) is 1.77. The number of rotatable bonds is 5. The van der Waals surface area contributed by atoms with Gasteiger partial charge in [0, 0.05) is 25.2 Å². The fourth-order valence-corrected chi connectivity index (χ4v) is 2.38. The third kappa shape index (κ3) is 6.54. The number of ether oxygens (including phenoxy) is 1. The van der Waals surface area contributed by atoms with Crippen LogP contribution in [0.4, 0.5) is 0 Å². The molecule has 122 valence electrons. The lowest BCUT2D eigenvalue weighted by atomic mass is 10.1. The van der Waals surface area contributed by atoms with Crippen LogP contribution in [-0.4, -0.2) is 32.8 Å². The maximum atomic E-state index is 6.14. The van der Waals surface area contributed by atoms with Crippen molar-refractivity contribution >= 4 is 41.5 Å². The van der Waals surface area contributed by atoms with Gasteiger partial charge in [-0.15, -0.1) is 24.0 Å². The maximum absolute atomic E-state index is 6.14. The highest BCUT2D eigenvalue weighted by Crippen LogP contribution is 2.14. The lowest BCUT2D eigenvalue weighted by Gasteiger charge is -2.15. The van der Waals surface area contributed by atoms with Crippen molar-refractivity contribution in [2.45, 2.75) is 19.4 Å². The Morgan fingerprint density at radius 3 is 2.82 bits per heavy atom. The predicted molar refractivity (Wildman–Crippen MR) is 103 cm³/mol. The molecule has 0 spiro atoms. The fraction of sp³-hybridized carbons (Fsp3) is 0.438. The maximum Gasteiger partial charge on any atom is 0.191 e. The Hall–Kier alpha value is -0.790. The van der Waals surface area contributed by atoms with E-state index in [1.165, 1.54) is 5.57 Å². The topological polar surface area (TPSA) is 45.7 Å². The van der Waals surface area contributed by atoms with Gasteiger partial charge in [0.15, 0.2) is 5.96 Å². The van der Waals surface area contributed by atoms with Crippen LogP contribution in [0.5, 0.6) is 0 Å². The molecular weight excluding hydrogens is 413 g/mol. The molecule has 0 bridgehead atoms. The van der Waals surface area contributed by atoms with Gasteiger partial charge in [-0.2, -0.15) is 0 Å². The number of hydrogen-bond donors (Lipinski definition) is 2. The highest BCUT2D eigenvalue weighted by molar-refractivity contribution is 14.0. The average molecular weight is 436 g/mol. The van der Waals surface area contributed by atoms with Gasteiger partial charge >= 0.3 is 0 Å². The summed E-state index contributed by atoms with van der Waals surface area (Å²) in [6.45, 7) is 3.12. The van der Waals surface area contributed by atoms with E-state index in [1.807, 2.05) is 24.3 Å². The molecule has 2 N–H and O–H groups in total. The summed E-state index contributed by atoms with van der Waals surface area (Å²) in [5.74, 6) is 0.794. The van der Waals surface area contributed by atoms with E-state index < -0.39 is 0 Å². The Bertz CT molecular complexity index is 520. The Labute approximate surface area is 154 Å². The molecule has 1 aliphatic heterocycles. The smallest absolute Gasteiger partial charge is 0.191 e. The predicted octanol–water partition coefficient (Wildman–Crippen LogP) is 3.36. The van der Waals surface area contributed by atoms with Crippen molar-refractivity contribution in [3.05, 3.63) is 46.5 Å². The Balaban J connectivity index is 0.00000242. The first-order chi connectivity index (χ1) is 10.3. The minimum atomic E-state index is 0. The normalized spacial score (nSPS) is 14.8. The minimum Gasteiger partial charge on any atom is -0.377 e. The summed E-state index contributed by atoms with van der Waals surface area (Å²) in [5.41, 5.74) is 2.52. The lowest BCUT2D eigenvalue weighted by Crippen LogP contribution is -2.37. The van der Waals surface area contributed by atoms with E-state index in [2.05, 4.69) is 21.7 Å². The van der Waals surface area contributed by atoms with Crippen molar-refractivity contribution in [2.24, 2.45) is 4.99 Å². The third-order valence-corrected chi connectivity index (χ3v) is 3.79. The second kappa shape index (κ2) is 10.9. The summed E-state index contributed by atoms with van der Waals surface area (Å²) in [5, 5.41) is 7.37. The number of guanidine groups is 1. The first kappa shape index (κ1) is 19.3. The first-order valence-electron chi connectivity index (χ1n) is 7.23. The standard InChI is InChI=1S/C16H22ClN3O.HI/c1-18-16(19-9-6-13-7-10-21-11-8-13)20-12-14-4-2-3-5-15(14)17;/h2-5,7H,6,8-12H2,1H3,(H2,18,19,20);1H. The highest BCUT2D eigenvalue weighted by atomic mass is 127. The summed E-state index contributed by atoms with van der Waals surface area (Å²) in [4.78, 5) is 4.22. The Morgan fingerprint density at radius 1 is 1.32 bits per heavy atom. The monoisotopic (exact) mass is 435 g/mol. The summed E-state index contributed by atoms with van der Waals surface area (Å²) >= 11 is 6.14. The quantitative estimate of drug-likeness (QED) is 0.323. The minimum absolute atomic E-state index is 0. The van der Waals surface area contributed by atoms with Gasteiger partial charge in [0.1, 0.15) is 0 Å². The van der Waals surface area contributed by atoms with Gasteiger partial charge in [-0.25, -0.2) is 0 Å². The zero-order valence-corrected chi connectivity index (χ0v) is 15.9. The second-order valence-corrected chi connectivity index (χ2v) is 5.29. The van der Waals surface area contributed by atoms with Gasteiger partial charge in [-0.1, -0.05) is 41.4 Å². The van der Waals surface area contributed by atoms with E-state index >= 15 is 0 Å². The third-order valence-electron chi connectivity index (χ3n) is 3.42. The molecule has 0 saturated carbocycles. The van der Waals surface area contributed by atoms with E-state index in [9.17, 15) is 0 Å². The molecule has 0 atom stereocenters. The van der Waals surface area contributed by atoms with Crippen LogP contribution in [0.1, 0.15) is 18.4 Å². The molecule has 0 aliphatic carbocycles. The van der Waals surface area contributed by atoms with Crippen LogP contribution in [0, 0.1) is 0 Å². The zero-order chi connectivity index (χ0) is 14.9. The lowest BCUT2D eigenvalue weighted by molar-refractivity contribution is 0.153. The number of nitrogens with zero attached hydrogens (tertiary/aromatic N) is 1. The number of hydrogen-bond acceptors (Lipinski definition) is 2. The average Bonchev–Trinajstić information content (AvgIpc) is 2.53. The van der Waals surface area contributed by atoms with Gasteiger partial charge < -0.3 is 15.4 Å². The van der Waals surface area contributed by atoms with Crippen molar-refractivity contribution in [3.8, 4) is 0 Å². The number of nitrogens with one attached hydrogen (secondary N) is 2. The molecule has 0 saturated heterocycles. The zero-order valence-electron chi connectivity index (χ0n) is 12.8. The molecule has 2 rings (SSSR count). The number of aliphatic imine (C=N–C) groups is 1. The van der Waals surface area contributed by atoms with Crippen LogP contribution in [0.3, 0.4) is 0 Å². The molecule has 0 radical (unpaired) electrons. The molecule has 0 unspecified atom stereocenters. The van der Waals surface area contributed by atoms with Crippen molar-refractivity contribution in [1.82, 2.24) is 10.6 Å². The summed E-state index contributed by atoms with van der Waals surface area (Å²) in [6.07, 6.45) is 4.23. The molecule has 0 amide bonds. The van der Waals surface area contributed by atoms with Gasteiger partial charge in [-0.3, -0.25) is 4.99 Å². The molecule has 22 heavy (non-hydrogen) atoms. The SMILES string of the molecule is CN=C(NCCC1=CCOCC1)NCc1ccccc1Cl.I. The molecule has 1 aliphatic rings. The molecule has 0 aromatic heterocycles. The van der Waals surface area contributed by atoms with E-state index in [0.717, 1.165) is 49.1 Å². The van der Waals surface area contributed by atoms with Crippen molar-refractivity contribution in [2.75, 3.05) is 26.8 Å². The van der Waals surface area contributed by atoms with Crippen LogP contribution in [0.25, 0.3) is 0 Å². The Kier molecular flexibility index (Phi) is 9.50. The van der Waals surface area contributed by atoms with Crippen LogP contribution in [0.2, 0.25) is 5.02 Å².